The molecule has 2 fully saturated rings. The number of methoxy groups -OCH3 is 1. The lowest BCUT2D eigenvalue weighted by molar-refractivity contribution is -0.140. The number of benzene rings is 1. The summed E-state index contributed by atoms with van der Waals surface area (Å²) in [6.07, 6.45) is 5.28. The molecule has 2 bridgehead atoms. The first-order valence-electron chi connectivity index (χ1n) is 11.4. The zero-order chi connectivity index (χ0) is 22.8. The van der Waals surface area contributed by atoms with Crippen molar-refractivity contribution in [1.29, 1.82) is 0 Å². The maximum atomic E-state index is 13.3. The van der Waals surface area contributed by atoms with Crippen LogP contribution in [0.25, 0.3) is 20.4 Å². The molecule has 0 unspecified atom stereocenters. The fourth-order valence-electron chi connectivity index (χ4n) is 5.52. The molecule has 2 saturated heterocycles. The highest BCUT2D eigenvalue weighted by Crippen LogP contribution is 2.42. The summed E-state index contributed by atoms with van der Waals surface area (Å²) < 4.78 is 16.3. The number of morpholine rings is 1. The average Bonchev–Trinajstić information content (AvgIpc) is 3.65. The largest absolute Gasteiger partial charge is 0.494 e. The van der Waals surface area contributed by atoms with E-state index >= 15 is 0 Å². The number of nitrogens with zero attached hydrogens (tertiary/aromatic N) is 5. The van der Waals surface area contributed by atoms with Gasteiger partial charge < -0.3 is 19.7 Å². The number of thiophene rings is 1. The summed E-state index contributed by atoms with van der Waals surface area (Å²) in [7, 11) is 1.64. The van der Waals surface area contributed by atoms with Crippen molar-refractivity contribution < 1.29 is 14.3 Å². The van der Waals surface area contributed by atoms with Gasteiger partial charge in [0, 0.05) is 23.4 Å². The van der Waals surface area contributed by atoms with Crippen molar-refractivity contribution in [2.45, 2.75) is 37.8 Å². The molecule has 4 aromatic rings. The Balaban J connectivity index is 1.20. The number of nitrogens with one attached hydrogen (secondary N) is 1. The van der Waals surface area contributed by atoms with Gasteiger partial charge in [0.05, 0.1) is 41.6 Å². The molecule has 1 amide bonds. The second-order valence-corrected chi connectivity index (χ2v) is 11.0. The third-order valence-corrected chi connectivity index (χ3v) is 9.05. The zero-order valence-corrected chi connectivity index (χ0v) is 20.1. The molecule has 5 heterocycles. The molecule has 1 aliphatic carbocycles. The topological polar surface area (TPSA) is 102 Å². The standard InChI is InChI=1S/C23H22N6O3S2/c1-31-17-6-16-19(34-28-27-16)7-15(17)26-21-20-14-3-2-11(4-18(14)33-22(20)25-10-24-21)23(30)29-8-13-5-12(29)9-32-13/h6-7,10-13H,2-5,8-9H2,1H3,(H,24,25,26)/t11-,12+,13+/m0/s1. The third kappa shape index (κ3) is 3.18. The molecule has 9 nitrogen and oxygen atoms in total. The molecule has 1 N–H and O–H groups in total. The summed E-state index contributed by atoms with van der Waals surface area (Å²) in [4.78, 5) is 26.7. The molecule has 0 radical (unpaired) electrons. The zero-order valence-electron chi connectivity index (χ0n) is 18.5. The number of carbonyl (C=O) groups excluding carboxylic acids is 1. The van der Waals surface area contributed by atoms with Gasteiger partial charge >= 0.3 is 0 Å². The van der Waals surface area contributed by atoms with Gasteiger partial charge in [-0.3, -0.25) is 4.79 Å². The summed E-state index contributed by atoms with van der Waals surface area (Å²) in [6, 6.07) is 4.15. The first kappa shape index (κ1) is 20.5. The van der Waals surface area contributed by atoms with Crippen LogP contribution in [0.2, 0.25) is 0 Å². The molecule has 3 aliphatic rings. The number of fused-ring (bicyclic) bond motifs is 6. The average molecular weight is 495 g/mol. The molecule has 3 aromatic heterocycles. The van der Waals surface area contributed by atoms with Crippen LogP contribution in [0.5, 0.6) is 5.75 Å². The van der Waals surface area contributed by atoms with Crippen LogP contribution in [0, 0.1) is 5.92 Å². The Morgan fingerprint density at radius 1 is 1.32 bits per heavy atom. The van der Waals surface area contributed by atoms with Gasteiger partial charge in [-0.25, -0.2) is 9.97 Å². The number of amides is 1. The maximum Gasteiger partial charge on any atom is 0.226 e. The quantitative estimate of drug-likeness (QED) is 0.460. The lowest BCUT2D eigenvalue weighted by Crippen LogP contribution is -2.45. The van der Waals surface area contributed by atoms with Crippen LogP contribution in [0.15, 0.2) is 18.5 Å². The Hall–Kier alpha value is -2.89. The molecule has 1 aromatic carbocycles. The third-order valence-electron chi connectivity index (χ3n) is 7.20. The SMILES string of the molecule is COc1cc2nnsc2cc1Nc1ncnc2sc3c(c12)CC[C@H](C(=O)N1C[C@H]2C[C@@H]1CO2)C3. The van der Waals surface area contributed by atoms with Crippen molar-refractivity contribution in [2.75, 3.05) is 25.6 Å². The van der Waals surface area contributed by atoms with Gasteiger partial charge in [-0.15, -0.1) is 16.4 Å². The first-order chi connectivity index (χ1) is 16.7. The first-order valence-corrected chi connectivity index (χ1v) is 13.0. The Bertz CT molecular complexity index is 1440. The molecule has 0 saturated carbocycles. The number of anilines is 2. The molecule has 34 heavy (non-hydrogen) atoms. The lowest BCUT2D eigenvalue weighted by Gasteiger charge is -2.32. The van der Waals surface area contributed by atoms with Crippen LogP contribution in [0.1, 0.15) is 23.3 Å². The summed E-state index contributed by atoms with van der Waals surface area (Å²) in [5.41, 5.74) is 2.88. The van der Waals surface area contributed by atoms with Crippen molar-refractivity contribution in [3.05, 3.63) is 28.9 Å². The molecular weight excluding hydrogens is 472 g/mol. The van der Waals surface area contributed by atoms with E-state index in [1.54, 1.807) is 24.8 Å². The van der Waals surface area contributed by atoms with E-state index in [1.807, 2.05) is 12.1 Å². The number of likely N-dealkylation sites (tertiary alicyclic amines) is 1. The van der Waals surface area contributed by atoms with Crippen LogP contribution < -0.4 is 10.1 Å². The van der Waals surface area contributed by atoms with Gasteiger partial charge in [0.2, 0.25) is 5.91 Å². The highest BCUT2D eigenvalue weighted by atomic mass is 32.1. The van der Waals surface area contributed by atoms with Crippen molar-refractivity contribution in [3.63, 3.8) is 0 Å². The number of aromatic nitrogens is 4. The fourth-order valence-corrected chi connectivity index (χ4v) is 7.37. The molecule has 7 rings (SSSR count). The number of hydrogen-bond donors (Lipinski definition) is 1. The molecule has 0 spiro atoms. The molecule has 174 valence electrons. The van der Waals surface area contributed by atoms with Crippen LogP contribution >= 0.6 is 22.9 Å². The normalized spacial score (nSPS) is 23.6. The molecule has 11 heteroatoms. The number of rotatable bonds is 4. The maximum absolute atomic E-state index is 13.3. The number of ether oxygens (including phenoxy) is 2. The van der Waals surface area contributed by atoms with E-state index in [4.69, 9.17) is 9.47 Å². The van der Waals surface area contributed by atoms with E-state index in [1.165, 1.54) is 22.0 Å². The van der Waals surface area contributed by atoms with Crippen molar-refractivity contribution >= 4 is 60.7 Å². The van der Waals surface area contributed by atoms with Crippen LogP contribution in [0.3, 0.4) is 0 Å². The van der Waals surface area contributed by atoms with Gasteiger partial charge in [0.25, 0.3) is 0 Å². The van der Waals surface area contributed by atoms with Gasteiger partial charge in [-0.1, -0.05) is 4.49 Å². The Labute approximate surface area is 203 Å². The second-order valence-electron chi connectivity index (χ2n) is 9.10. The van der Waals surface area contributed by atoms with Crippen LogP contribution in [0.4, 0.5) is 11.5 Å². The van der Waals surface area contributed by atoms with Crippen molar-refractivity contribution in [3.8, 4) is 5.75 Å². The van der Waals surface area contributed by atoms with Gasteiger partial charge in [-0.05, 0) is 48.8 Å². The predicted octanol–water partition coefficient (Wildman–Crippen LogP) is 3.55. The molecule has 3 atom stereocenters. The van der Waals surface area contributed by atoms with Gasteiger partial charge in [-0.2, -0.15) is 0 Å². The second kappa shape index (κ2) is 7.82. The summed E-state index contributed by atoms with van der Waals surface area (Å²) in [5.74, 6) is 1.77. The summed E-state index contributed by atoms with van der Waals surface area (Å²) in [6.45, 7) is 1.44. The van der Waals surface area contributed by atoms with E-state index in [-0.39, 0.29) is 18.1 Å². The summed E-state index contributed by atoms with van der Waals surface area (Å²) >= 11 is 3.03. The van der Waals surface area contributed by atoms with E-state index in [9.17, 15) is 4.79 Å². The molecular formula is C23H22N6O3S2. The highest BCUT2D eigenvalue weighted by molar-refractivity contribution is 7.19. The minimum Gasteiger partial charge on any atom is -0.494 e. The van der Waals surface area contributed by atoms with Crippen LogP contribution in [-0.4, -0.2) is 62.8 Å². The van der Waals surface area contributed by atoms with E-state index in [0.717, 1.165) is 64.2 Å². The smallest absolute Gasteiger partial charge is 0.226 e. The number of hydrogen-bond acceptors (Lipinski definition) is 10. The highest BCUT2D eigenvalue weighted by Gasteiger charge is 2.43. The Morgan fingerprint density at radius 2 is 2.26 bits per heavy atom. The predicted molar refractivity (Wildman–Crippen MR) is 130 cm³/mol. The Morgan fingerprint density at radius 3 is 3.09 bits per heavy atom. The Kier molecular flexibility index (Phi) is 4.71. The minimum absolute atomic E-state index is 0.0330. The van der Waals surface area contributed by atoms with Crippen molar-refractivity contribution in [1.82, 2.24) is 24.5 Å². The lowest BCUT2D eigenvalue weighted by atomic mass is 9.86. The molecule has 2 aliphatic heterocycles. The monoisotopic (exact) mass is 494 g/mol. The van der Waals surface area contributed by atoms with E-state index in [0.29, 0.717) is 18.3 Å². The van der Waals surface area contributed by atoms with Gasteiger partial charge in [0.1, 0.15) is 28.2 Å². The van der Waals surface area contributed by atoms with E-state index < -0.39 is 0 Å². The van der Waals surface area contributed by atoms with E-state index in [2.05, 4.69) is 29.8 Å². The summed E-state index contributed by atoms with van der Waals surface area (Å²) in [5, 5.41) is 8.66. The van der Waals surface area contributed by atoms with Crippen LogP contribution in [-0.2, 0) is 22.4 Å². The minimum atomic E-state index is 0.0330. The number of aryl methyl sites for hydroxylation is 1. The van der Waals surface area contributed by atoms with Crippen molar-refractivity contribution in [2.24, 2.45) is 5.92 Å². The van der Waals surface area contributed by atoms with Gasteiger partial charge in [0.15, 0.2) is 0 Å². The number of carbonyl (C=O) groups is 1. The fraction of sp³-hybridized carbons (Fsp3) is 0.435.